The third-order valence-electron chi connectivity index (χ3n) is 6.74. The van der Waals surface area contributed by atoms with Crippen molar-refractivity contribution in [3.8, 4) is 16.9 Å². The van der Waals surface area contributed by atoms with Crippen molar-refractivity contribution in [2.75, 3.05) is 57.2 Å². The number of nitrogens with zero attached hydrogens (tertiary/aromatic N) is 2. The molecule has 2 N–H and O–H groups in total. The highest BCUT2D eigenvalue weighted by atomic mass is 16.5. The number of nitrogens with one attached hydrogen (secondary N) is 2. The van der Waals surface area contributed by atoms with E-state index < -0.39 is 6.09 Å². The Labute approximate surface area is 224 Å². The number of likely N-dealkylation sites (N-methyl/N-ethyl adjacent to an activating group) is 1. The average molecular weight is 517 g/mol. The maximum atomic E-state index is 13.0. The van der Waals surface area contributed by atoms with Crippen LogP contribution < -0.4 is 20.3 Å². The van der Waals surface area contributed by atoms with Gasteiger partial charge in [-0.25, -0.2) is 4.79 Å². The molecule has 38 heavy (non-hydrogen) atoms. The van der Waals surface area contributed by atoms with E-state index in [-0.39, 0.29) is 5.91 Å². The Bertz CT molecular complexity index is 1270. The van der Waals surface area contributed by atoms with Crippen LogP contribution in [0, 0.1) is 6.92 Å². The number of anilines is 2. The first-order chi connectivity index (χ1) is 18.4. The van der Waals surface area contributed by atoms with Crippen LogP contribution in [0.4, 0.5) is 16.2 Å². The van der Waals surface area contributed by atoms with Crippen molar-refractivity contribution in [2.24, 2.45) is 0 Å². The lowest BCUT2D eigenvalue weighted by molar-refractivity contribution is 0.102. The van der Waals surface area contributed by atoms with Gasteiger partial charge >= 0.3 is 6.09 Å². The van der Waals surface area contributed by atoms with Crippen LogP contribution in [0.1, 0.15) is 28.4 Å². The minimum atomic E-state index is -0.423. The molecule has 0 aliphatic carbocycles. The van der Waals surface area contributed by atoms with Crippen molar-refractivity contribution in [3.63, 3.8) is 0 Å². The Morgan fingerprint density at radius 2 is 1.68 bits per heavy atom. The molecule has 0 spiro atoms. The number of ether oxygens (including phenoxy) is 2. The van der Waals surface area contributed by atoms with Crippen LogP contribution in [-0.2, 0) is 11.3 Å². The molecule has 2 amide bonds. The maximum absolute atomic E-state index is 13.0. The van der Waals surface area contributed by atoms with Crippen LogP contribution in [0.3, 0.4) is 0 Å². The Morgan fingerprint density at radius 1 is 0.947 bits per heavy atom. The largest absolute Gasteiger partial charge is 0.495 e. The van der Waals surface area contributed by atoms with Gasteiger partial charge in [-0.15, -0.1) is 0 Å². The second kappa shape index (κ2) is 12.5. The fraction of sp³-hybridized carbons (Fsp3) is 0.333. The van der Waals surface area contributed by atoms with Crippen LogP contribution >= 0.6 is 0 Å². The quantitative estimate of drug-likeness (QED) is 0.442. The molecule has 0 saturated carbocycles. The third kappa shape index (κ3) is 6.63. The molecule has 0 bridgehead atoms. The second-order valence-corrected chi connectivity index (χ2v) is 9.43. The Balaban J connectivity index is 1.42. The summed E-state index contributed by atoms with van der Waals surface area (Å²) in [5.74, 6) is 0.637. The van der Waals surface area contributed by atoms with Gasteiger partial charge in [-0.1, -0.05) is 30.3 Å². The van der Waals surface area contributed by atoms with Crippen molar-refractivity contribution in [2.45, 2.75) is 20.4 Å². The van der Waals surface area contributed by atoms with Gasteiger partial charge in [0.05, 0.1) is 19.4 Å². The number of alkyl carbamates (subject to hydrolysis) is 1. The standard InChI is InChI=1S/C30H36N4O4/c1-5-38-30(36)31-20-22-6-12-26(21(2)18-22)23-7-9-24(10-8-23)29(35)32-25-11-13-28(37-4)27(19-25)34-16-14-33(3)15-17-34/h6-13,18-19H,5,14-17,20H2,1-4H3,(H,31,36)(H,32,35). The van der Waals surface area contributed by atoms with Gasteiger partial charge < -0.3 is 29.9 Å². The van der Waals surface area contributed by atoms with E-state index >= 15 is 0 Å². The highest BCUT2D eigenvalue weighted by Gasteiger charge is 2.19. The van der Waals surface area contributed by atoms with Gasteiger partial charge in [-0.3, -0.25) is 4.79 Å². The Morgan fingerprint density at radius 3 is 2.34 bits per heavy atom. The zero-order valence-electron chi connectivity index (χ0n) is 22.5. The van der Waals surface area contributed by atoms with E-state index in [4.69, 9.17) is 9.47 Å². The van der Waals surface area contributed by atoms with E-state index in [0.29, 0.717) is 18.7 Å². The van der Waals surface area contributed by atoms with Gasteiger partial charge in [-0.05, 0) is 73.5 Å². The SMILES string of the molecule is CCOC(=O)NCc1ccc(-c2ccc(C(=O)Nc3ccc(OC)c(N4CCN(C)CC4)c3)cc2)c(C)c1. The highest BCUT2D eigenvalue weighted by Crippen LogP contribution is 2.32. The number of methoxy groups -OCH3 is 1. The number of carbonyl (C=O) groups is 2. The van der Waals surface area contributed by atoms with Gasteiger partial charge in [0.15, 0.2) is 0 Å². The van der Waals surface area contributed by atoms with Gasteiger partial charge in [0.25, 0.3) is 5.91 Å². The number of piperazine rings is 1. The van der Waals surface area contributed by atoms with Gasteiger partial charge in [0.2, 0.25) is 0 Å². The molecule has 8 nitrogen and oxygen atoms in total. The summed E-state index contributed by atoms with van der Waals surface area (Å²) < 4.78 is 10.5. The predicted octanol–water partition coefficient (Wildman–Crippen LogP) is 4.92. The normalized spacial score (nSPS) is 13.6. The van der Waals surface area contributed by atoms with Crippen LogP contribution in [0.25, 0.3) is 11.1 Å². The molecule has 0 unspecified atom stereocenters. The molecular weight excluding hydrogens is 480 g/mol. The van der Waals surface area contributed by atoms with E-state index in [1.54, 1.807) is 14.0 Å². The molecule has 1 saturated heterocycles. The van der Waals surface area contributed by atoms with Crippen molar-refractivity contribution >= 4 is 23.4 Å². The van der Waals surface area contributed by atoms with Gasteiger partial charge in [-0.2, -0.15) is 0 Å². The molecule has 1 heterocycles. The first-order valence-corrected chi connectivity index (χ1v) is 12.9. The van der Waals surface area contributed by atoms with Crippen LogP contribution in [0.2, 0.25) is 0 Å². The zero-order chi connectivity index (χ0) is 27.1. The molecule has 200 valence electrons. The van der Waals surface area contributed by atoms with E-state index in [1.165, 1.54) is 0 Å². The number of hydrogen-bond donors (Lipinski definition) is 2. The summed E-state index contributed by atoms with van der Waals surface area (Å²) >= 11 is 0. The number of rotatable bonds is 8. The summed E-state index contributed by atoms with van der Waals surface area (Å²) in [4.78, 5) is 29.2. The number of benzene rings is 3. The smallest absolute Gasteiger partial charge is 0.407 e. The molecule has 8 heteroatoms. The second-order valence-electron chi connectivity index (χ2n) is 9.43. The third-order valence-corrected chi connectivity index (χ3v) is 6.74. The lowest BCUT2D eigenvalue weighted by Gasteiger charge is -2.34. The first kappa shape index (κ1) is 27.0. The van der Waals surface area contributed by atoms with Crippen LogP contribution in [0.5, 0.6) is 5.75 Å². The fourth-order valence-corrected chi connectivity index (χ4v) is 4.58. The molecule has 0 aromatic heterocycles. The summed E-state index contributed by atoms with van der Waals surface area (Å²) in [6.45, 7) is 8.35. The van der Waals surface area contributed by atoms with E-state index in [2.05, 4.69) is 27.5 Å². The molecule has 1 aliphatic rings. The monoisotopic (exact) mass is 516 g/mol. The topological polar surface area (TPSA) is 83.1 Å². The van der Waals surface area contributed by atoms with E-state index in [1.807, 2.05) is 67.6 Å². The maximum Gasteiger partial charge on any atom is 0.407 e. The zero-order valence-corrected chi connectivity index (χ0v) is 22.5. The minimum Gasteiger partial charge on any atom is -0.495 e. The minimum absolute atomic E-state index is 0.164. The Hall–Kier alpha value is -4.04. The summed E-state index contributed by atoms with van der Waals surface area (Å²) in [6.07, 6.45) is -0.423. The summed E-state index contributed by atoms with van der Waals surface area (Å²) in [7, 11) is 3.79. The molecule has 1 aliphatic heterocycles. The van der Waals surface area contributed by atoms with Gasteiger partial charge in [0.1, 0.15) is 5.75 Å². The lowest BCUT2D eigenvalue weighted by atomic mass is 9.97. The number of carbonyl (C=O) groups excluding carboxylic acids is 2. The molecule has 0 atom stereocenters. The van der Waals surface area contributed by atoms with Crippen molar-refractivity contribution in [3.05, 3.63) is 77.4 Å². The Kier molecular flexibility index (Phi) is 8.86. The number of hydrogen-bond acceptors (Lipinski definition) is 6. The van der Waals surface area contributed by atoms with Crippen LogP contribution in [-0.4, -0.2) is 63.8 Å². The van der Waals surface area contributed by atoms with E-state index in [9.17, 15) is 9.59 Å². The summed E-state index contributed by atoms with van der Waals surface area (Å²) in [6, 6.07) is 19.4. The molecule has 3 aromatic carbocycles. The van der Waals surface area contributed by atoms with Gasteiger partial charge in [0, 0.05) is 44.0 Å². The molecule has 0 radical (unpaired) electrons. The highest BCUT2D eigenvalue weighted by molar-refractivity contribution is 6.04. The van der Waals surface area contributed by atoms with Crippen molar-refractivity contribution < 1.29 is 19.1 Å². The molecule has 1 fully saturated rings. The summed E-state index contributed by atoms with van der Waals surface area (Å²) in [5.41, 5.74) is 6.47. The number of amides is 2. The molecule has 3 aromatic rings. The van der Waals surface area contributed by atoms with Crippen molar-refractivity contribution in [1.29, 1.82) is 0 Å². The molecular formula is C30H36N4O4. The number of aryl methyl sites for hydroxylation is 1. The summed E-state index contributed by atoms with van der Waals surface area (Å²) in [5, 5.41) is 5.77. The van der Waals surface area contributed by atoms with Crippen LogP contribution in [0.15, 0.2) is 60.7 Å². The average Bonchev–Trinajstić information content (AvgIpc) is 2.92. The lowest BCUT2D eigenvalue weighted by Crippen LogP contribution is -2.44. The first-order valence-electron chi connectivity index (χ1n) is 12.9. The molecule has 4 rings (SSSR count). The fourth-order valence-electron chi connectivity index (χ4n) is 4.58. The van der Waals surface area contributed by atoms with Crippen molar-refractivity contribution in [1.82, 2.24) is 10.2 Å². The van der Waals surface area contributed by atoms with E-state index in [0.717, 1.165) is 65.6 Å². The predicted molar refractivity (Wildman–Crippen MR) is 151 cm³/mol.